The number of aromatic nitrogens is 2. The molecule has 0 fully saturated rings. The lowest BCUT2D eigenvalue weighted by Crippen LogP contribution is -2.26. The normalized spacial score (nSPS) is 10.3. The molecule has 0 unspecified atom stereocenters. The number of primary amides is 1. The Hall–Kier alpha value is -3.54. The lowest BCUT2D eigenvalue weighted by Gasteiger charge is -2.17. The molecule has 6 heteroatoms. The van der Waals surface area contributed by atoms with Crippen molar-refractivity contribution in [2.45, 2.75) is 0 Å². The summed E-state index contributed by atoms with van der Waals surface area (Å²) in [5.41, 5.74) is 7.51. The van der Waals surface area contributed by atoms with Crippen molar-refractivity contribution in [3.8, 4) is 11.4 Å². The van der Waals surface area contributed by atoms with Gasteiger partial charge in [0, 0.05) is 36.3 Å². The van der Waals surface area contributed by atoms with E-state index < -0.39 is 5.91 Å². The zero-order valence-electron chi connectivity index (χ0n) is 13.6. The summed E-state index contributed by atoms with van der Waals surface area (Å²) in [6.45, 7) is 0. The molecule has 0 radical (unpaired) electrons. The summed E-state index contributed by atoms with van der Waals surface area (Å²) in [7, 11) is 1.65. The number of benzene rings is 2. The van der Waals surface area contributed by atoms with Crippen LogP contribution in [0.1, 0.15) is 20.7 Å². The van der Waals surface area contributed by atoms with Crippen molar-refractivity contribution < 1.29 is 9.59 Å². The van der Waals surface area contributed by atoms with Crippen LogP contribution in [0.2, 0.25) is 0 Å². The molecule has 2 aromatic carbocycles. The molecule has 0 atom stereocenters. The Morgan fingerprint density at radius 1 is 0.880 bits per heavy atom. The van der Waals surface area contributed by atoms with Crippen LogP contribution in [0.15, 0.2) is 67.0 Å². The van der Waals surface area contributed by atoms with Gasteiger partial charge in [0.05, 0.1) is 5.56 Å². The van der Waals surface area contributed by atoms with Crippen LogP contribution in [-0.2, 0) is 0 Å². The zero-order valence-corrected chi connectivity index (χ0v) is 13.6. The number of amides is 2. The second-order valence-electron chi connectivity index (χ2n) is 5.44. The summed E-state index contributed by atoms with van der Waals surface area (Å²) in [6, 6.07) is 16.0. The Morgan fingerprint density at radius 3 is 2.04 bits per heavy atom. The average molecular weight is 332 g/mol. The maximum Gasteiger partial charge on any atom is 0.261 e. The van der Waals surface area contributed by atoms with Crippen LogP contribution in [0, 0.1) is 0 Å². The second kappa shape index (κ2) is 6.92. The minimum Gasteiger partial charge on any atom is -0.366 e. The number of hydrogen-bond acceptors (Lipinski definition) is 4. The molecule has 1 heterocycles. The first kappa shape index (κ1) is 16.3. The zero-order chi connectivity index (χ0) is 17.8. The molecule has 1 aromatic heterocycles. The third kappa shape index (κ3) is 3.53. The van der Waals surface area contributed by atoms with Gasteiger partial charge in [-0.2, -0.15) is 0 Å². The molecule has 6 nitrogen and oxygen atoms in total. The third-order valence-electron chi connectivity index (χ3n) is 3.77. The summed E-state index contributed by atoms with van der Waals surface area (Å²) in [5, 5.41) is 0. The summed E-state index contributed by atoms with van der Waals surface area (Å²) >= 11 is 0. The van der Waals surface area contributed by atoms with Crippen molar-refractivity contribution >= 4 is 17.5 Å². The highest BCUT2D eigenvalue weighted by Crippen LogP contribution is 2.17. The fourth-order valence-electron chi connectivity index (χ4n) is 2.33. The number of rotatable bonds is 4. The van der Waals surface area contributed by atoms with Gasteiger partial charge in [-0.1, -0.05) is 30.3 Å². The molecule has 3 aromatic rings. The van der Waals surface area contributed by atoms with E-state index in [1.807, 2.05) is 30.3 Å². The van der Waals surface area contributed by atoms with Gasteiger partial charge >= 0.3 is 0 Å². The van der Waals surface area contributed by atoms with Crippen LogP contribution in [0.3, 0.4) is 0 Å². The average Bonchev–Trinajstić information content (AvgIpc) is 2.67. The maximum absolute atomic E-state index is 12.6. The Bertz CT molecular complexity index is 891. The lowest BCUT2D eigenvalue weighted by atomic mass is 10.1. The van der Waals surface area contributed by atoms with Crippen molar-refractivity contribution in [1.82, 2.24) is 9.97 Å². The van der Waals surface area contributed by atoms with E-state index in [2.05, 4.69) is 9.97 Å². The maximum atomic E-state index is 12.6. The summed E-state index contributed by atoms with van der Waals surface area (Å²) in [4.78, 5) is 33.7. The van der Waals surface area contributed by atoms with Crippen molar-refractivity contribution in [2.75, 3.05) is 11.9 Å². The second-order valence-corrected chi connectivity index (χ2v) is 5.44. The van der Waals surface area contributed by atoms with Crippen LogP contribution in [0.5, 0.6) is 0 Å². The largest absolute Gasteiger partial charge is 0.366 e. The molecule has 2 N–H and O–H groups in total. The minimum absolute atomic E-state index is 0.244. The highest BCUT2D eigenvalue weighted by Gasteiger charge is 2.15. The third-order valence-corrected chi connectivity index (χ3v) is 3.77. The van der Waals surface area contributed by atoms with Gasteiger partial charge < -0.3 is 10.6 Å². The van der Waals surface area contributed by atoms with E-state index in [9.17, 15) is 9.59 Å². The van der Waals surface area contributed by atoms with Gasteiger partial charge in [0.25, 0.3) is 5.91 Å². The fraction of sp³-hybridized carbons (Fsp3) is 0.0526. The first-order valence-electron chi connectivity index (χ1n) is 7.61. The van der Waals surface area contributed by atoms with Crippen molar-refractivity contribution in [3.05, 3.63) is 78.1 Å². The van der Waals surface area contributed by atoms with Crippen molar-refractivity contribution in [3.63, 3.8) is 0 Å². The van der Waals surface area contributed by atoms with E-state index >= 15 is 0 Å². The fourth-order valence-corrected chi connectivity index (χ4v) is 2.33. The predicted molar refractivity (Wildman–Crippen MR) is 95.2 cm³/mol. The van der Waals surface area contributed by atoms with Gasteiger partial charge in [-0.25, -0.2) is 9.97 Å². The number of carbonyl (C=O) groups excluding carboxylic acids is 2. The van der Waals surface area contributed by atoms with Gasteiger partial charge in [0.2, 0.25) is 5.91 Å². The number of nitrogens with two attached hydrogens (primary N) is 1. The van der Waals surface area contributed by atoms with E-state index in [0.717, 1.165) is 5.56 Å². The van der Waals surface area contributed by atoms with Gasteiger partial charge in [0.15, 0.2) is 5.82 Å². The van der Waals surface area contributed by atoms with E-state index in [1.165, 1.54) is 17.3 Å². The standard InChI is InChI=1S/C19H16N4O2/c1-23(16-9-7-13(8-10-16)17(20)24)19(25)15-11-21-18(22-12-15)14-5-3-2-4-6-14/h2-12H,1H3,(H2,20,24). The molecule has 0 saturated heterocycles. The van der Waals surface area contributed by atoms with Crippen LogP contribution >= 0.6 is 0 Å². The van der Waals surface area contributed by atoms with E-state index in [0.29, 0.717) is 22.6 Å². The molecule has 0 saturated carbocycles. The summed E-state index contributed by atoms with van der Waals surface area (Å²) < 4.78 is 0. The highest BCUT2D eigenvalue weighted by atomic mass is 16.2. The van der Waals surface area contributed by atoms with Gasteiger partial charge in [-0.3, -0.25) is 9.59 Å². The number of hydrogen-bond donors (Lipinski definition) is 1. The molecule has 0 aliphatic rings. The molecule has 0 spiro atoms. The van der Waals surface area contributed by atoms with E-state index in [-0.39, 0.29) is 5.91 Å². The summed E-state index contributed by atoms with van der Waals surface area (Å²) in [5.74, 6) is -0.192. The lowest BCUT2D eigenvalue weighted by molar-refractivity contribution is 0.0988. The van der Waals surface area contributed by atoms with E-state index in [1.54, 1.807) is 31.3 Å². The van der Waals surface area contributed by atoms with Crippen LogP contribution in [0.25, 0.3) is 11.4 Å². The van der Waals surface area contributed by atoms with Crippen LogP contribution in [0.4, 0.5) is 5.69 Å². The number of anilines is 1. The molecule has 25 heavy (non-hydrogen) atoms. The molecule has 0 aliphatic heterocycles. The molecule has 0 bridgehead atoms. The van der Waals surface area contributed by atoms with Gasteiger partial charge in [0.1, 0.15) is 0 Å². The Kier molecular flexibility index (Phi) is 4.52. The van der Waals surface area contributed by atoms with Crippen molar-refractivity contribution in [2.24, 2.45) is 5.73 Å². The van der Waals surface area contributed by atoms with Crippen LogP contribution in [-0.4, -0.2) is 28.8 Å². The molecule has 124 valence electrons. The molecule has 0 aliphatic carbocycles. The number of nitrogens with zero attached hydrogens (tertiary/aromatic N) is 3. The Labute approximate surface area is 145 Å². The smallest absolute Gasteiger partial charge is 0.261 e. The molecular weight excluding hydrogens is 316 g/mol. The van der Waals surface area contributed by atoms with E-state index in [4.69, 9.17) is 5.73 Å². The molecular formula is C19H16N4O2. The summed E-state index contributed by atoms with van der Waals surface area (Å²) in [6.07, 6.45) is 3.01. The first-order valence-corrected chi connectivity index (χ1v) is 7.61. The molecule has 3 rings (SSSR count). The monoisotopic (exact) mass is 332 g/mol. The van der Waals surface area contributed by atoms with Crippen molar-refractivity contribution in [1.29, 1.82) is 0 Å². The first-order chi connectivity index (χ1) is 12.1. The predicted octanol–water partition coefficient (Wildman–Crippen LogP) is 2.52. The van der Waals surface area contributed by atoms with Crippen LogP contribution < -0.4 is 10.6 Å². The Balaban J connectivity index is 1.79. The van der Waals surface area contributed by atoms with Gasteiger partial charge in [-0.15, -0.1) is 0 Å². The topological polar surface area (TPSA) is 89.2 Å². The molecule has 2 amide bonds. The SMILES string of the molecule is CN(C(=O)c1cnc(-c2ccccc2)nc1)c1ccc(C(N)=O)cc1. The number of carbonyl (C=O) groups is 2. The quantitative estimate of drug-likeness (QED) is 0.795. The highest BCUT2D eigenvalue weighted by molar-refractivity contribution is 6.05. The Morgan fingerprint density at radius 2 is 1.48 bits per heavy atom. The minimum atomic E-state index is -0.509. The van der Waals surface area contributed by atoms with Gasteiger partial charge in [-0.05, 0) is 24.3 Å².